The molecule has 12 heteroatoms. The van der Waals surface area contributed by atoms with E-state index in [1.165, 1.54) is 4.90 Å². The highest BCUT2D eigenvalue weighted by Gasteiger charge is 2.23. The van der Waals surface area contributed by atoms with Crippen molar-refractivity contribution < 1.29 is 19.1 Å². The predicted octanol–water partition coefficient (Wildman–Crippen LogP) is 5.68. The van der Waals surface area contributed by atoms with Crippen molar-refractivity contribution >= 4 is 23.8 Å². The molecule has 4 aromatic rings. The highest BCUT2D eigenvalue weighted by Crippen LogP contribution is 2.24. The van der Waals surface area contributed by atoms with Gasteiger partial charge in [-0.05, 0) is 65.8 Å². The maximum Gasteiger partial charge on any atom is 0.415 e. The Morgan fingerprint density at radius 3 is 1.80 bits per heavy atom. The van der Waals surface area contributed by atoms with Crippen molar-refractivity contribution in [1.29, 1.82) is 0 Å². The van der Waals surface area contributed by atoms with E-state index >= 15 is 0 Å². The number of rotatable bonds is 4. The van der Waals surface area contributed by atoms with Gasteiger partial charge in [0.1, 0.15) is 22.8 Å². The second-order valence-electron chi connectivity index (χ2n) is 11.2. The topological polar surface area (TPSA) is 129 Å². The van der Waals surface area contributed by atoms with Crippen LogP contribution < -0.4 is 10.2 Å². The van der Waals surface area contributed by atoms with Gasteiger partial charge in [-0.1, -0.05) is 0 Å². The molecule has 2 amide bonds. The maximum atomic E-state index is 12.1. The van der Waals surface area contributed by atoms with Crippen LogP contribution in [0.25, 0.3) is 22.5 Å². The number of anilines is 2. The number of ether oxygens (including phenoxy) is 2. The van der Waals surface area contributed by atoms with Crippen LogP contribution in [0.3, 0.4) is 0 Å². The molecule has 218 valence electrons. The molecule has 0 radical (unpaired) electrons. The average Bonchev–Trinajstić information content (AvgIpc) is 3.45. The molecule has 41 heavy (non-hydrogen) atoms. The summed E-state index contributed by atoms with van der Waals surface area (Å²) in [5, 5.41) is 11.4. The molecule has 4 heterocycles. The van der Waals surface area contributed by atoms with Crippen molar-refractivity contribution in [3.63, 3.8) is 0 Å². The van der Waals surface area contributed by atoms with E-state index in [0.717, 1.165) is 22.5 Å². The average molecular weight is 563 g/mol. The molecular weight excluding hydrogens is 524 g/mol. The van der Waals surface area contributed by atoms with Crippen LogP contribution in [0.1, 0.15) is 41.5 Å². The van der Waals surface area contributed by atoms with Crippen molar-refractivity contribution in [2.24, 2.45) is 14.1 Å². The van der Waals surface area contributed by atoms with Gasteiger partial charge in [-0.2, -0.15) is 10.2 Å². The number of pyridine rings is 2. The molecule has 12 nitrogen and oxygen atoms in total. The van der Waals surface area contributed by atoms with E-state index in [-0.39, 0.29) is 0 Å². The summed E-state index contributed by atoms with van der Waals surface area (Å²) in [4.78, 5) is 33.4. The van der Waals surface area contributed by atoms with Gasteiger partial charge in [0.25, 0.3) is 0 Å². The van der Waals surface area contributed by atoms with E-state index < -0.39 is 23.4 Å². The molecule has 4 aromatic heterocycles. The fourth-order valence-corrected chi connectivity index (χ4v) is 3.50. The third-order valence-corrected chi connectivity index (χ3v) is 5.29. The fourth-order valence-electron chi connectivity index (χ4n) is 3.50. The summed E-state index contributed by atoms with van der Waals surface area (Å²) in [7, 11) is 5.21. The summed E-state index contributed by atoms with van der Waals surface area (Å²) in [6, 6.07) is 11.1. The molecule has 0 bridgehead atoms. The Bertz CT molecular complexity index is 1450. The van der Waals surface area contributed by atoms with Gasteiger partial charge in [0.2, 0.25) is 0 Å². The van der Waals surface area contributed by atoms with Crippen molar-refractivity contribution in [3.05, 3.63) is 61.2 Å². The Labute approximate surface area is 240 Å². The summed E-state index contributed by atoms with van der Waals surface area (Å²) >= 11 is 0. The lowest BCUT2D eigenvalue weighted by atomic mass is 10.2. The number of amides is 2. The molecule has 0 saturated carbocycles. The van der Waals surface area contributed by atoms with Gasteiger partial charge < -0.3 is 9.47 Å². The van der Waals surface area contributed by atoms with E-state index in [9.17, 15) is 9.59 Å². The molecular formula is C29H38N8O4. The van der Waals surface area contributed by atoms with Crippen LogP contribution >= 0.6 is 0 Å². The van der Waals surface area contributed by atoms with Crippen molar-refractivity contribution in [1.82, 2.24) is 29.5 Å². The largest absolute Gasteiger partial charge is 0.444 e. The molecule has 0 fully saturated rings. The normalized spacial score (nSPS) is 11.2. The minimum atomic E-state index is -0.533. The number of aromatic nitrogens is 6. The second kappa shape index (κ2) is 12.6. The van der Waals surface area contributed by atoms with E-state index in [0.29, 0.717) is 11.6 Å². The lowest BCUT2D eigenvalue weighted by molar-refractivity contribution is 0.0584. The number of nitrogens with zero attached hydrogens (tertiary/aromatic N) is 7. The molecule has 0 aliphatic heterocycles. The molecule has 0 aliphatic rings. The van der Waals surface area contributed by atoms with E-state index in [2.05, 4.69) is 25.5 Å². The van der Waals surface area contributed by atoms with Gasteiger partial charge in [0.05, 0.1) is 11.4 Å². The van der Waals surface area contributed by atoms with E-state index in [1.807, 2.05) is 71.9 Å². The minimum Gasteiger partial charge on any atom is -0.444 e. The van der Waals surface area contributed by atoms with Crippen LogP contribution in [-0.2, 0) is 23.6 Å². The zero-order chi connectivity index (χ0) is 30.4. The van der Waals surface area contributed by atoms with Crippen LogP contribution in [0, 0.1) is 0 Å². The van der Waals surface area contributed by atoms with Crippen LogP contribution in [0.15, 0.2) is 61.2 Å². The molecule has 0 saturated heterocycles. The van der Waals surface area contributed by atoms with Gasteiger partial charge in [-0.15, -0.1) is 0 Å². The molecule has 1 N–H and O–H groups in total. The predicted molar refractivity (Wildman–Crippen MR) is 157 cm³/mol. The lowest BCUT2D eigenvalue weighted by Gasteiger charge is -2.24. The SMILES string of the molecule is CN(C(=O)OC(C)(C)C)c1cc(-c2cccnc2)nn1C.Cn1nc(-c2cccnc2)cc1NC(=O)OC(C)(C)C. The number of hydrogen-bond acceptors (Lipinski definition) is 8. The fraction of sp³-hybridized carbons (Fsp3) is 0.379. The summed E-state index contributed by atoms with van der Waals surface area (Å²) in [5.41, 5.74) is 2.23. The summed E-state index contributed by atoms with van der Waals surface area (Å²) < 4.78 is 13.8. The standard InChI is InChI=1S/C15H20N4O2.C14H18N4O2/c1-15(2,3)21-14(20)18(4)13-9-12(17-19(13)5)11-7-6-8-16-10-11;1-14(2,3)20-13(19)16-12-8-11(17-18(12)4)10-6-5-7-15-9-10/h6-10H,1-5H3;5-9H,1-4H3,(H,16,19). The van der Waals surface area contributed by atoms with E-state index in [1.54, 1.807) is 61.4 Å². The number of aryl methyl sites for hydroxylation is 2. The third-order valence-electron chi connectivity index (χ3n) is 5.29. The summed E-state index contributed by atoms with van der Waals surface area (Å²) in [5.74, 6) is 1.22. The first-order chi connectivity index (χ1) is 19.1. The zero-order valence-electron chi connectivity index (χ0n) is 25.0. The monoisotopic (exact) mass is 562 g/mol. The first kappa shape index (κ1) is 30.8. The molecule has 0 spiro atoms. The summed E-state index contributed by atoms with van der Waals surface area (Å²) in [6.45, 7) is 11.0. The Hall–Kier alpha value is -4.74. The van der Waals surface area contributed by atoms with Gasteiger partial charge in [0, 0.05) is 69.2 Å². The van der Waals surface area contributed by atoms with Crippen molar-refractivity contribution in [2.75, 3.05) is 17.3 Å². The van der Waals surface area contributed by atoms with Crippen LogP contribution in [0.5, 0.6) is 0 Å². The maximum absolute atomic E-state index is 12.1. The quantitative estimate of drug-likeness (QED) is 0.336. The smallest absolute Gasteiger partial charge is 0.415 e. The van der Waals surface area contributed by atoms with Gasteiger partial charge in [0.15, 0.2) is 0 Å². The molecule has 4 rings (SSSR count). The van der Waals surface area contributed by atoms with Crippen molar-refractivity contribution in [2.45, 2.75) is 52.7 Å². The highest BCUT2D eigenvalue weighted by molar-refractivity contribution is 5.87. The van der Waals surface area contributed by atoms with E-state index in [4.69, 9.17) is 9.47 Å². The molecule has 0 aliphatic carbocycles. The molecule has 0 aromatic carbocycles. The first-order valence-electron chi connectivity index (χ1n) is 13.0. The number of nitrogens with one attached hydrogen (secondary N) is 1. The molecule has 0 unspecified atom stereocenters. The highest BCUT2D eigenvalue weighted by atomic mass is 16.6. The Morgan fingerprint density at radius 2 is 1.32 bits per heavy atom. The van der Waals surface area contributed by atoms with Crippen LogP contribution in [-0.4, -0.2) is 60.0 Å². The van der Waals surface area contributed by atoms with Gasteiger partial charge in [-0.25, -0.2) is 9.59 Å². The van der Waals surface area contributed by atoms with Gasteiger partial charge >= 0.3 is 12.2 Å². The lowest BCUT2D eigenvalue weighted by Crippen LogP contribution is -2.35. The summed E-state index contributed by atoms with van der Waals surface area (Å²) in [6.07, 6.45) is 5.95. The minimum absolute atomic E-state index is 0.414. The third kappa shape index (κ3) is 9.16. The molecule has 0 atom stereocenters. The zero-order valence-corrected chi connectivity index (χ0v) is 25.0. The second-order valence-corrected chi connectivity index (χ2v) is 11.2. The van der Waals surface area contributed by atoms with Crippen molar-refractivity contribution in [3.8, 4) is 22.5 Å². The number of hydrogen-bond donors (Lipinski definition) is 1. The Kier molecular flexibility index (Phi) is 9.48. The number of carbonyl (C=O) groups is 2. The Balaban J connectivity index is 0.000000226. The first-order valence-corrected chi connectivity index (χ1v) is 13.0. The van der Waals surface area contributed by atoms with Crippen LogP contribution in [0.4, 0.5) is 21.2 Å². The van der Waals surface area contributed by atoms with Crippen LogP contribution in [0.2, 0.25) is 0 Å². The number of carbonyl (C=O) groups excluding carboxylic acids is 2. The van der Waals surface area contributed by atoms with Gasteiger partial charge in [-0.3, -0.25) is 29.5 Å². The Morgan fingerprint density at radius 1 is 0.805 bits per heavy atom.